The zero-order valence-electron chi connectivity index (χ0n) is 8.78. The van der Waals surface area contributed by atoms with E-state index >= 15 is 0 Å². The number of alkyl halides is 1. The number of unbranched alkanes of at least 4 members (excludes halogenated alkanes) is 1. The van der Waals surface area contributed by atoms with Crippen molar-refractivity contribution in [1.82, 2.24) is 4.90 Å². The molecule has 15 heavy (non-hydrogen) atoms. The molecule has 0 radical (unpaired) electrons. The van der Waals surface area contributed by atoms with Gasteiger partial charge in [0.05, 0.1) is 11.9 Å². The Morgan fingerprint density at radius 3 is 3.13 bits per heavy atom. The number of hydrogen-bond donors (Lipinski definition) is 0. The van der Waals surface area contributed by atoms with Crippen LogP contribution in [0.3, 0.4) is 0 Å². The lowest BCUT2D eigenvalue weighted by Crippen LogP contribution is -2.24. The van der Waals surface area contributed by atoms with Crippen molar-refractivity contribution in [2.45, 2.75) is 32.2 Å². The van der Waals surface area contributed by atoms with E-state index in [1.807, 2.05) is 0 Å². The van der Waals surface area contributed by atoms with Gasteiger partial charge in [-0.2, -0.15) is 0 Å². The van der Waals surface area contributed by atoms with Crippen molar-refractivity contribution >= 4 is 40.9 Å². The van der Waals surface area contributed by atoms with Crippen molar-refractivity contribution in [2.24, 2.45) is 4.99 Å². The van der Waals surface area contributed by atoms with Crippen LogP contribution in [0.15, 0.2) is 16.1 Å². The highest BCUT2D eigenvalue weighted by atomic mass is 35.5. The molecule has 2 aliphatic heterocycles. The van der Waals surface area contributed by atoms with Gasteiger partial charge in [-0.25, -0.2) is 0 Å². The Labute approximate surface area is 107 Å². The van der Waals surface area contributed by atoms with Gasteiger partial charge in [-0.15, -0.1) is 24.0 Å². The van der Waals surface area contributed by atoms with Crippen LogP contribution in [0.25, 0.3) is 0 Å². The third-order valence-electron chi connectivity index (χ3n) is 2.59. The Morgan fingerprint density at radius 2 is 2.47 bits per heavy atom. The van der Waals surface area contributed by atoms with Gasteiger partial charge in [0.25, 0.3) is 0 Å². The Balaban J connectivity index is 0.00000112. The highest BCUT2D eigenvalue weighted by Gasteiger charge is 2.30. The smallest absolute Gasteiger partial charge is 0.168 e. The van der Waals surface area contributed by atoms with Gasteiger partial charge in [-0.3, -0.25) is 4.99 Å². The Morgan fingerprint density at radius 1 is 1.67 bits per heavy atom. The number of rotatable bonds is 4. The number of amidine groups is 1. The minimum Gasteiger partial charge on any atom is -0.321 e. The van der Waals surface area contributed by atoms with Crippen LogP contribution in [0.2, 0.25) is 0 Å². The molecule has 0 aromatic carbocycles. The molecular weight excluding hydrogens is 251 g/mol. The second-order valence-corrected chi connectivity index (χ2v) is 4.78. The second-order valence-electron chi connectivity index (χ2n) is 3.68. The number of nitrogens with zero attached hydrogens (tertiary/aromatic N) is 2. The van der Waals surface area contributed by atoms with Crippen molar-refractivity contribution in [3.05, 3.63) is 11.1 Å². The molecule has 0 aromatic heterocycles. The Kier molecular flexibility index (Phi) is 5.30. The van der Waals surface area contributed by atoms with Gasteiger partial charge in [0.1, 0.15) is 0 Å². The van der Waals surface area contributed by atoms with Gasteiger partial charge in [-0.05, 0) is 11.8 Å². The normalized spacial score (nSPS) is 23.3. The van der Waals surface area contributed by atoms with Crippen molar-refractivity contribution in [2.75, 3.05) is 12.4 Å². The molecule has 1 unspecified atom stereocenters. The molecule has 2 aliphatic rings. The van der Waals surface area contributed by atoms with Gasteiger partial charge in [-0.1, -0.05) is 31.5 Å². The van der Waals surface area contributed by atoms with E-state index in [4.69, 9.17) is 11.6 Å². The summed E-state index contributed by atoms with van der Waals surface area (Å²) >= 11 is 7.56. The van der Waals surface area contributed by atoms with Crippen molar-refractivity contribution in [3.8, 4) is 0 Å². The molecule has 0 aliphatic carbocycles. The first-order valence-corrected chi connectivity index (χ1v) is 6.53. The zero-order valence-corrected chi connectivity index (χ0v) is 11.2. The summed E-state index contributed by atoms with van der Waals surface area (Å²) in [5, 5.41) is 3.27. The number of thioether (sulfide) groups is 1. The van der Waals surface area contributed by atoms with Crippen LogP contribution in [-0.2, 0) is 0 Å². The number of fused-ring (bicyclic) bond motifs is 1. The molecule has 0 spiro atoms. The standard InChI is InChI=1S/C10H15ClN2S.ClH/c1-2-3-4-8-6-13-9(5-11)7-14-10(13)12-8;/h7-8H,2-6H2,1H3;1H. The third-order valence-corrected chi connectivity index (χ3v) is 3.79. The average Bonchev–Trinajstić information content (AvgIpc) is 2.73. The second kappa shape index (κ2) is 6.02. The summed E-state index contributed by atoms with van der Waals surface area (Å²) in [6.45, 7) is 3.27. The lowest BCUT2D eigenvalue weighted by Gasteiger charge is -2.15. The monoisotopic (exact) mass is 266 g/mol. The summed E-state index contributed by atoms with van der Waals surface area (Å²) in [5.41, 5.74) is 1.22. The van der Waals surface area contributed by atoms with E-state index in [0.29, 0.717) is 11.9 Å². The van der Waals surface area contributed by atoms with Crippen LogP contribution in [0.5, 0.6) is 0 Å². The van der Waals surface area contributed by atoms with Crippen LogP contribution in [0.1, 0.15) is 26.2 Å². The molecule has 0 saturated carbocycles. The number of hydrogen-bond acceptors (Lipinski definition) is 3. The Hall–Kier alpha value is 0.140. The maximum Gasteiger partial charge on any atom is 0.168 e. The third kappa shape index (κ3) is 2.83. The van der Waals surface area contributed by atoms with E-state index in [2.05, 4.69) is 22.2 Å². The van der Waals surface area contributed by atoms with Gasteiger partial charge in [0.2, 0.25) is 0 Å². The van der Waals surface area contributed by atoms with Crippen molar-refractivity contribution in [3.63, 3.8) is 0 Å². The van der Waals surface area contributed by atoms with Gasteiger partial charge in [0, 0.05) is 12.2 Å². The van der Waals surface area contributed by atoms with E-state index in [0.717, 1.165) is 11.7 Å². The van der Waals surface area contributed by atoms with Gasteiger partial charge in [0.15, 0.2) is 5.17 Å². The molecule has 0 bridgehead atoms. The molecule has 2 rings (SSSR count). The summed E-state index contributed by atoms with van der Waals surface area (Å²) < 4.78 is 0. The fraction of sp³-hybridized carbons (Fsp3) is 0.700. The van der Waals surface area contributed by atoms with Crippen molar-refractivity contribution in [1.29, 1.82) is 0 Å². The molecule has 2 nitrogen and oxygen atoms in total. The lowest BCUT2D eigenvalue weighted by molar-refractivity contribution is 0.484. The van der Waals surface area contributed by atoms with Crippen LogP contribution >= 0.6 is 35.8 Å². The zero-order chi connectivity index (χ0) is 9.97. The molecule has 0 aromatic rings. The van der Waals surface area contributed by atoms with E-state index in [-0.39, 0.29) is 12.4 Å². The van der Waals surface area contributed by atoms with Gasteiger partial charge < -0.3 is 4.90 Å². The Bertz CT molecular complexity index is 279. The van der Waals surface area contributed by atoms with E-state index < -0.39 is 0 Å². The molecule has 0 fully saturated rings. The highest BCUT2D eigenvalue weighted by molar-refractivity contribution is 8.16. The number of allylic oxidation sites excluding steroid dienone is 1. The highest BCUT2D eigenvalue weighted by Crippen LogP contribution is 2.32. The first-order valence-electron chi connectivity index (χ1n) is 5.12. The molecule has 86 valence electrons. The number of halogens is 2. The van der Waals surface area contributed by atoms with Crippen LogP contribution < -0.4 is 0 Å². The first-order chi connectivity index (χ1) is 6.85. The maximum absolute atomic E-state index is 5.85. The number of aliphatic imine (C=N–C) groups is 1. The summed E-state index contributed by atoms with van der Waals surface area (Å²) in [5.74, 6) is 0.604. The predicted molar refractivity (Wildman–Crippen MR) is 71.1 cm³/mol. The quantitative estimate of drug-likeness (QED) is 0.725. The fourth-order valence-corrected chi connectivity index (χ4v) is 3.07. The fourth-order valence-electron chi connectivity index (χ4n) is 1.77. The van der Waals surface area contributed by atoms with Crippen molar-refractivity contribution < 1.29 is 0 Å². The minimum atomic E-state index is 0. The summed E-state index contributed by atoms with van der Waals surface area (Å²) in [6, 6.07) is 0.504. The molecule has 5 heteroatoms. The molecule has 0 saturated heterocycles. The molecule has 1 atom stereocenters. The summed E-state index contributed by atoms with van der Waals surface area (Å²) in [6.07, 6.45) is 3.75. The topological polar surface area (TPSA) is 15.6 Å². The van der Waals surface area contributed by atoms with E-state index in [9.17, 15) is 0 Å². The first kappa shape index (κ1) is 13.2. The molecule has 0 amide bonds. The molecule has 2 heterocycles. The molecule has 0 N–H and O–H groups in total. The summed E-state index contributed by atoms with van der Waals surface area (Å²) in [7, 11) is 0. The SMILES string of the molecule is CCCCC1CN2C(CCl)=CSC2=N1.Cl. The lowest BCUT2D eigenvalue weighted by atomic mass is 10.1. The molecular formula is C10H16Cl2N2S. The van der Waals surface area contributed by atoms with Gasteiger partial charge >= 0.3 is 0 Å². The summed E-state index contributed by atoms with van der Waals surface area (Å²) in [4.78, 5) is 6.94. The maximum atomic E-state index is 5.85. The van der Waals surface area contributed by atoms with Crippen LogP contribution in [0, 0.1) is 0 Å². The average molecular weight is 267 g/mol. The van der Waals surface area contributed by atoms with E-state index in [1.54, 1.807) is 11.8 Å². The van der Waals surface area contributed by atoms with E-state index in [1.165, 1.54) is 25.0 Å². The van der Waals surface area contributed by atoms with Crippen LogP contribution in [0.4, 0.5) is 0 Å². The van der Waals surface area contributed by atoms with Crippen LogP contribution in [-0.4, -0.2) is 28.5 Å². The minimum absolute atomic E-state index is 0. The predicted octanol–water partition coefficient (Wildman–Crippen LogP) is 3.47. The largest absolute Gasteiger partial charge is 0.321 e.